The van der Waals surface area contributed by atoms with Crippen molar-refractivity contribution in [2.45, 2.75) is 6.42 Å². The predicted octanol–water partition coefficient (Wildman–Crippen LogP) is 1.95. The molecule has 0 saturated carbocycles. The van der Waals surface area contributed by atoms with Gasteiger partial charge in [0.05, 0.1) is 20.8 Å². The highest BCUT2D eigenvalue weighted by atomic mass is 16.5. The van der Waals surface area contributed by atoms with Crippen molar-refractivity contribution in [3.8, 4) is 17.2 Å². The Kier molecular flexibility index (Phi) is 7.36. The molecule has 0 radical (unpaired) electrons. The van der Waals surface area contributed by atoms with Crippen molar-refractivity contribution in [2.24, 2.45) is 4.99 Å². The number of rotatable bonds is 7. The molecule has 124 valence electrons. The molecule has 22 heavy (non-hydrogen) atoms. The standard InChI is InChI=1S/C16H27N3O3/c1-18(2)16(19(3)4)17-8-7-9-22-15-11-13(20-5)10-14(12-15)21-6/h10-12H,7-9H2,1-6H3. The van der Waals surface area contributed by atoms with Crippen LogP contribution in [0.4, 0.5) is 0 Å². The van der Waals surface area contributed by atoms with Gasteiger partial charge in [0, 0.05) is 59.4 Å². The number of hydrogen-bond acceptors (Lipinski definition) is 4. The van der Waals surface area contributed by atoms with E-state index in [9.17, 15) is 0 Å². The van der Waals surface area contributed by atoms with E-state index in [0.717, 1.165) is 29.6 Å². The van der Waals surface area contributed by atoms with Crippen LogP contribution in [0.1, 0.15) is 6.42 Å². The Bertz CT molecular complexity index is 455. The van der Waals surface area contributed by atoms with Crippen molar-refractivity contribution < 1.29 is 14.2 Å². The van der Waals surface area contributed by atoms with E-state index in [-0.39, 0.29) is 0 Å². The third-order valence-electron chi connectivity index (χ3n) is 2.95. The number of ether oxygens (including phenoxy) is 3. The minimum atomic E-state index is 0.591. The van der Waals surface area contributed by atoms with Gasteiger partial charge in [0.15, 0.2) is 5.96 Å². The predicted molar refractivity (Wildman–Crippen MR) is 89.3 cm³/mol. The van der Waals surface area contributed by atoms with Crippen molar-refractivity contribution in [2.75, 3.05) is 55.6 Å². The average Bonchev–Trinajstić information content (AvgIpc) is 2.49. The molecular weight excluding hydrogens is 282 g/mol. The summed E-state index contributed by atoms with van der Waals surface area (Å²) in [6.07, 6.45) is 0.838. The second kappa shape index (κ2) is 9.02. The Hall–Kier alpha value is -2.11. The van der Waals surface area contributed by atoms with Crippen LogP contribution in [0.15, 0.2) is 23.2 Å². The van der Waals surface area contributed by atoms with Crippen LogP contribution in [0.2, 0.25) is 0 Å². The molecule has 1 rings (SSSR count). The van der Waals surface area contributed by atoms with Gasteiger partial charge in [-0.3, -0.25) is 4.99 Å². The lowest BCUT2D eigenvalue weighted by Crippen LogP contribution is -2.35. The van der Waals surface area contributed by atoms with Crippen molar-refractivity contribution >= 4 is 5.96 Å². The van der Waals surface area contributed by atoms with Gasteiger partial charge in [0.2, 0.25) is 0 Å². The second-order valence-electron chi connectivity index (χ2n) is 5.22. The summed E-state index contributed by atoms with van der Waals surface area (Å²) in [5.74, 6) is 3.12. The van der Waals surface area contributed by atoms with Gasteiger partial charge >= 0.3 is 0 Å². The maximum atomic E-state index is 5.74. The summed E-state index contributed by atoms with van der Waals surface area (Å²) in [5, 5.41) is 0. The van der Waals surface area contributed by atoms with E-state index < -0.39 is 0 Å². The van der Waals surface area contributed by atoms with E-state index in [0.29, 0.717) is 13.2 Å². The SMILES string of the molecule is COc1cc(OC)cc(OCCCN=C(N(C)C)N(C)C)c1. The second-order valence-corrected chi connectivity index (χ2v) is 5.22. The Morgan fingerprint density at radius 1 is 0.909 bits per heavy atom. The van der Waals surface area contributed by atoms with Crippen molar-refractivity contribution in [1.82, 2.24) is 9.80 Å². The highest BCUT2D eigenvalue weighted by Crippen LogP contribution is 2.27. The maximum absolute atomic E-state index is 5.74. The number of methoxy groups -OCH3 is 2. The topological polar surface area (TPSA) is 46.5 Å². The minimum absolute atomic E-state index is 0.591. The van der Waals surface area contributed by atoms with Crippen LogP contribution >= 0.6 is 0 Å². The van der Waals surface area contributed by atoms with E-state index in [1.165, 1.54) is 0 Å². The summed E-state index contributed by atoms with van der Waals surface area (Å²) in [5.41, 5.74) is 0. The Balaban J connectivity index is 2.49. The zero-order chi connectivity index (χ0) is 16.5. The molecule has 0 aliphatic rings. The largest absolute Gasteiger partial charge is 0.496 e. The van der Waals surface area contributed by atoms with Gasteiger partial charge in [-0.25, -0.2) is 0 Å². The quantitative estimate of drug-likeness (QED) is 0.438. The van der Waals surface area contributed by atoms with E-state index >= 15 is 0 Å². The van der Waals surface area contributed by atoms with Gasteiger partial charge in [-0.15, -0.1) is 0 Å². The van der Waals surface area contributed by atoms with Crippen LogP contribution in [0.5, 0.6) is 17.2 Å². The van der Waals surface area contributed by atoms with Gasteiger partial charge < -0.3 is 24.0 Å². The molecule has 0 atom stereocenters. The van der Waals surface area contributed by atoms with Crippen molar-refractivity contribution in [3.05, 3.63) is 18.2 Å². The lowest BCUT2D eigenvalue weighted by Gasteiger charge is -2.22. The number of nitrogens with zero attached hydrogens (tertiary/aromatic N) is 3. The normalized spacial score (nSPS) is 9.91. The monoisotopic (exact) mass is 309 g/mol. The molecule has 6 nitrogen and oxygen atoms in total. The molecule has 0 heterocycles. The first-order chi connectivity index (χ1) is 10.5. The number of guanidine groups is 1. The lowest BCUT2D eigenvalue weighted by molar-refractivity contribution is 0.307. The van der Waals surface area contributed by atoms with E-state index in [1.807, 2.05) is 56.2 Å². The Labute approximate surface area is 133 Å². The van der Waals surface area contributed by atoms with Crippen LogP contribution in [0.25, 0.3) is 0 Å². The molecule has 0 aliphatic carbocycles. The van der Waals surface area contributed by atoms with Gasteiger partial charge in [-0.2, -0.15) is 0 Å². The van der Waals surface area contributed by atoms with Crippen LogP contribution < -0.4 is 14.2 Å². The third kappa shape index (κ3) is 5.71. The molecule has 1 aromatic rings. The molecule has 0 saturated heterocycles. The van der Waals surface area contributed by atoms with E-state index in [1.54, 1.807) is 14.2 Å². The molecule has 6 heteroatoms. The first-order valence-corrected chi connectivity index (χ1v) is 7.23. The van der Waals surface area contributed by atoms with Crippen molar-refractivity contribution in [3.63, 3.8) is 0 Å². The summed E-state index contributed by atoms with van der Waals surface area (Å²) >= 11 is 0. The van der Waals surface area contributed by atoms with Crippen molar-refractivity contribution in [1.29, 1.82) is 0 Å². The Morgan fingerprint density at radius 2 is 1.41 bits per heavy atom. The molecule has 1 aromatic carbocycles. The number of aliphatic imine (C=N–C) groups is 1. The summed E-state index contributed by atoms with van der Waals surface area (Å²) in [4.78, 5) is 8.55. The molecule has 0 bridgehead atoms. The van der Waals surface area contributed by atoms with Crippen LogP contribution in [-0.2, 0) is 0 Å². The molecular formula is C16H27N3O3. The van der Waals surface area contributed by atoms with Gasteiger partial charge in [-0.05, 0) is 0 Å². The zero-order valence-corrected chi connectivity index (χ0v) is 14.4. The fourth-order valence-corrected chi connectivity index (χ4v) is 1.98. The summed E-state index contributed by atoms with van der Waals surface area (Å²) in [6, 6.07) is 5.51. The maximum Gasteiger partial charge on any atom is 0.195 e. The minimum Gasteiger partial charge on any atom is -0.496 e. The van der Waals surface area contributed by atoms with Crippen LogP contribution in [-0.4, -0.2) is 71.3 Å². The van der Waals surface area contributed by atoms with E-state index in [2.05, 4.69) is 4.99 Å². The first-order valence-electron chi connectivity index (χ1n) is 7.23. The van der Waals surface area contributed by atoms with Crippen LogP contribution in [0.3, 0.4) is 0 Å². The molecule has 0 unspecified atom stereocenters. The highest BCUT2D eigenvalue weighted by Gasteiger charge is 2.04. The smallest absolute Gasteiger partial charge is 0.195 e. The molecule has 0 N–H and O–H groups in total. The highest BCUT2D eigenvalue weighted by molar-refractivity contribution is 5.79. The molecule has 0 amide bonds. The van der Waals surface area contributed by atoms with Gasteiger partial charge in [-0.1, -0.05) is 0 Å². The van der Waals surface area contributed by atoms with E-state index in [4.69, 9.17) is 14.2 Å². The lowest BCUT2D eigenvalue weighted by atomic mass is 10.3. The Morgan fingerprint density at radius 3 is 1.86 bits per heavy atom. The fourth-order valence-electron chi connectivity index (χ4n) is 1.98. The first kappa shape index (κ1) is 17.9. The summed E-state index contributed by atoms with van der Waals surface area (Å²) < 4.78 is 16.2. The molecule has 0 fully saturated rings. The van der Waals surface area contributed by atoms with Crippen LogP contribution in [0, 0.1) is 0 Å². The fraction of sp³-hybridized carbons (Fsp3) is 0.562. The number of benzene rings is 1. The molecule has 0 aliphatic heterocycles. The number of hydrogen-bond donors (Lipinski definition) is 0. The van der Waals surface area contributed by atoms with Gasteiger partial charge in [0.1, 0.15) is 17.2 Å². The molecule has 0 spiro atoms. The summed E-state index contributed by atoms with van der Waals surface area (Å²) in [6.45, 7) is 1.31. The summed E-state index contributed by atoms with van der Waals surface area (Å²) in [7, 11) is 11.2. The third-order valence-corrected chi connectivity index (χ3v) is 2.95. The van der Waals surface area contributed by atoms with Gasteiger partial charge in [0.25, 0.3) is 0 Å². The average molecular weight is 309 g/mol. The zero-order valence-electron chi connectivity index (χ0n) is 14.4. The molecule has 0 aromatic heterocycles.